The third-order valence-electron chi connectivity index (χ3n) is 6.54. The van der Waals surface area contributed by atoms with E-state index in [1.165, 1.54) is 55.6 Å². The van der Waals surface area contributed by atoms with Crippen LogP contribution in [0.25, 0.3) is 22.3 Å². The van der Waals surface area contributed by atoms with Gasteiger partial charge in [0.15, 0.2) is 0 Å². The molecule has 0 aliphatic heterocycles. The second-order valence-electron chi connectivity index (χ2n) is 7.84. The molecule has 27 heavy (non-hydrogen) atoms. The Labute approximate surface area is 160 Å². The zero-order valence-electron chi connectivity index (χ0n) is 15.6. The van der Waals surface area contributed by atoms with Crippen molar-refractivity contribution in [2.75, 3.05) is 0 Å². The fourth-order valence-corrected chi connectivity index (χ4v) is 5.68. The number of hydrogen-bond acceptors (Lipinski definition) is 0. The quantitative estimate of drug-likeness (QED) is 0.289. The molecule has 4 aromatic carbocycles. The predicted molar refractivity (Wildman–Crippen MR) is 112 cm³/mol. The average Bonchev–Trinajstić information content (AvgIpc) is 3.17. The topological polar surface area (TPSA) is 0 Å². The van der Waals surface area contributed by atoms with Gasteiger partial charge >= 0.3 is 0 Å². The molecule has 128 valence electrons. The Bertz CT molecular complexity index is 1140. The Morgan fingerprint density at radius 3 is 1.33 bits per heavy atom. The van der Waals surface area contributed by atoms with Gasteiger partial charge in [-0.05, 0) is 69.5 Å². The van der Waals surface area contributed by atoms with Gasteiger partial charge in [-0.25, -0.2) is 0 Å². The van der Waals surface area contributed by atoms with E-state index in [1.807, 2.05) is 0 Å². The van der Waals surface area contributed by atoms with E-state index in [4.69, 9.17) is 0 Å². The Morgan fingerprint density at radius 1 is 0.444 bits per heavy atom. The van der Waals surface area contributed by atoms with Crippen LogP contribution in [0.2, 0.25) is 0 Å². The molecule has 0 aromatic heterocycles. The lowest BCUT2D eigenvalue weighted by Gasteiger charge is -2.32. The third kappa shape index (κ3) is 1.60. The van der Waals surface area contributed by atoms with Crippen LogP contribution < -0.4 is 0 Å². The molecule has 0 amide bonds. The molecule has 0 saturated carbocycles. The fraction of sp³-hybridized carbons (Fsp3) is 0.111. The van der Waals surface area contributed by atoms with Crippen molar-refractivity contribution in [3.05, 3.63) is 118 Å². The molecule has 2 aliphatic rings. The van der Waals surface area contributed by atoms with Crippen molar-refractivity contribution in [3.8, 4) is 22.3 Å². The first-order chi connectivity index (χ1) is 13.2. The molecule has 0 nitrogen and oxygen atoms in total. The van der Waals surface area contributed by atoms with Gasteiger partial charge in [0.05, 0.1) is 5.41 Å². The lowest BCUT2D eigenvalue weighted by atomic mass is 9.68. The van der Waals surface area contributed by atoms with Gasteiger partial charge in [0.2, 0.25) is 0 Å². The highest BCUT2D eigenvalue weighted by Crippen LogP contribution is 2.63. The van der Waals surface area contributed by atoms with Crippen molar-refractivity contribution in [1.29, 1.82) is 0 Å². The first kappa shape index (κ1) is 15.0. The Balaban J connectivity index is 1.92. The smallest absolute Gasteiger partial charge is 0.0619 e. The highest BCUT2D eigenvalue weighted by molar-refractivity contribution is 5.96. The van der Waals surface area contributed by atoms with Gasteiger partial charge in [0.25, 0.3) is 0 Å². The molecule has 2 aliphatic carbocycles. The third-order valence-corrected chi connectivity index (χ3v) is 6.54. The van der Waals surface area contributed by atoms with Crippen LogP contribution in [-0.4, -0.2) is 0 Å². The van der Waals surface area contributed by atoms with Crippen LogP contribution >= 0.6 is 0 Å². The van der Waals surface area contributed by atoms with Crippen molar-refractivity contribution < 1.29 is 0 Å². The normalized spacial score (nSPS) is 14.6. The molecule has 6 rings (SSSR count). The lowest BCUT2D eigenvalue weighted by Crippen LogP contribution is -2.27. The van der Waals surface area contributed by atoms with Gasteiger partial charge < -0.3 is 0 Å². The maximum absolute atomic E-state index is 2.34. The maximum Gasteiger partial charge on any atom is 0.0730 e. The van der Waals surface area contributed by atoms with E-state index < -0.39 is 0 Å². The first-order valence-corrected chi connectivity index (χ1v) is 9.64. The second-order valence-corrected chi connectivity index (χ2v) is 7.84. The molecule has 0 unspecified atom stereocenters. The van der Waals surface area contributed by atoms with Gasteiger partial charge in [0.1, 0.15) is 0 Å². The predicted octanol–water partition coefficient (Wildman–Crippen LogP) is 6.65. The summed E-state index contributed by atoms with van der Waals surface area (Å²) in [7, 11) is 0. The molecule has 0 radical (unpaired) electrons. The van der Waals surface area contributed by atoms with Gasteiger partial charge in [-0.15, -0.1) is 0 Å². The van der Waals surface area contributed by atoms with E-state index in [0.29, 0.717) is 0 Å². The van der Waals surface area contributed by atoms with E-state index in [2.05, 4.69) is 98.8 Å². The number of fused-ring (bicyclic) bond motifs is 10. The fourth-order valence-electron chi connectivity index (χ4n) is 5.68. The summed E-state index contributed by atoms with van der Waals surface area (Å²) in [5.41, 5.74) is 13.8. The molecule has 0 fully saturated rings. The van der Waals surface area contributed by atoms with Crippen molar-refractivity contribution in [2.45, 2.75) is 19.3 Å². The summed E-state index contributed by atoms with van der Waals surface area (Å²) in [5.74, 6) is 0. The zero-order chi connectivity index (χ0) is 18.2. The summed E-state index contributed by atoms with van der Waals surface area (Å²) in [4.78, 5) is 0. The van der Waals surface area contributed by atoms with Crippen LogP contribution in [0.1, 0.15) is 33.4 Å². The van der Waals surface area contributed by atoms with Crippen molar-refractivity contribution >= 4 is 0 Å². The van der Waals surface area contributed by atoms with Gasteiger partial charge in [0, 0.05) is 0 Å². The summed E-state index contributed by atoms with van der Waals surface area (Å²) in [5, 5.41) is 0. The number of aryl methyl sites for hydroxylation is 2. The minimum Gasteiger partial charge on any atom is -0.0619 e. The molecule has 0 heteroatoms. The lowest BCUT2D eigenvalue weighted by molar-refractivity contribution is 0.779. The van der Waals surface area contributed by atoms with E-state index >= 15 is 0 Å². The summed E-state index contributed by atoms with van der Waals surface area (Å²) in [6.07, 6.45) is 0. The SMILES string of the molecule is Cc1cccc2c1C1(c3ccccc3-c3ccccc31)c1c(C)cccc1-2. The van der Waals surface area contributed by atoms with Gasteiger partial charge in [-0.2, -0.15) is 0 Å². The molecule has 4 aromatic rings. The van der Waals surface area contributed by atoms with E-state index in [0.717, 1.165) is 0 Å². The number of rotatable bonds is 0. The molecular weight excluding hydrogens is 324 g/mol. The van der Waals surface area contributed by atoms with Crippen LogP contribution in [0.5, 0.6) is 0 Å². The molecule has 0 N–H and O–H groups in total. The van der Waals surface area contributed by atoms with Crippen LogP contribution in [0.3, 0.4) is 0 Å². The Kier molecular flexibility index (Phi) is 2.77. The van der Waals surface area contributed by atoms with E-state index in [-0.39, 0.29) is 5.41 Å². The molecule has 0 saturated heterocycles. The van der Waals surface area contributed by atoms with Crippen LogP contribution in [0.4, 0.5) is 0 Å². The highest BCUT2D eigenvalue weighted by atomic mass is 14.5. The second kappa shape index (κ2) is 4.98. The van der Waals surface area contributed by atoms with Gasteiger partial charge in [-0.3, -0.25) is 0 Å². The largest absolute Gasteiger partial charge is 0.0730 e. The number of hydrogen-bond donors (Lipinski definition) is 0. The van der Waals surface area contributed by atoms with E-state index in [1.54, 1.807) is 0 Å². The van der Waals surface area contributed by atoms with Crippen molar-refractivity contribution in [3.63, 3.8) is 0 Å². The summed E-state index contributed by atoms with van der Waals surface area (Å²) < 4.78 is 0. The zero-order valence-corrected chi connectivity index (χ0v) is 15.6. The Hall–Kier alpha value is -3.12. The molecule has 0 bridgehead atoms. The summed E-state index contributed by atoms with van der Waals surface area (Å²) >= 11 is 0. The van der Waals surface area contributed by atoms with Crippen LogP contribution in [-0.2, 0) is 5.41 Å². The van der Waals surface area contributed by atoms with Crippen LogP contribution in [0, 0.1) is 13.8 Å². The van der Waals surface area contributed by atoms with Crippen LogP contribution in [0.15, 0.2) is 84.9 Å². The number of benzene rings is 4. The molecule has 0 atom stereocenters. The standard InChI is InChI=1S/C27H20/c1-17-9-7-13-21-22-14-8-10-18(2)26(22)27(25(17)21)23-15-5-3-11-19(23)20-12-4-6-16-24(20)27/h3-16H,1-2H3. The first-order valence-electron chi connectivity index (χ1n) is 9.64. The Morgan fingerprint density at radius 2 is 0.852 bits per heavy atom. The van der Waals surface area contributed by atoms with Crippen molar-refractivity contribution in [1.82, 2.24) is 0 Å². The highest BCUT2D eigenvalue weighted by Gasteiger charge is 2.52. The summed E-state index contributed by atoms with van der Waals surface area (Å²) in [6.45, 7) is 4.54. The van der Waals surface area contributed by atoms with E-state index in [9.17, 15) is 0 Å². The van der Waals surface area contributed by atoms with Gasteiger partial charge in [-0.1, -0.05) is 84.9 Å². The molecule has 0 heterocycles. The monoisotopic (exact) mass is 344 g/mol. The molecule has 1 spiro atoms. The minimum absolute atomic E-state index is 0.200. The van der Waals surface area contributed by atoms with Crippen molar-refractivity contribution in [2.24, 2.45) is 0 Å². The summed E-state index contributed by atoms with van der Waals surface area (Å²) in [6, 6.07) is 31.5. The molecular formula is C27H20. The minimum atomic E-state index is -0.200. The maximum atomic E-state index is 2.34. The average molecular weight is 344 g/mol.